The van der Waals surface area contributed by atoms with Crippen molar-refractivity contribution in [3.63, 3.8) is 0 Å². The zero-order chi connectivity index (χ0) is 17.8. The van der Waals surface area contributed by atoms with Crippen molar-refractivity contribution in [2.24, 2.45) is 9.98 Å². The third kappa shape index (κ3) is 3.89. The van der Waals surface area contributed by atoms with E-state index >= 15 is 0 Å². The highest BCUT2D eigenvalue weighted by Crippen LogP contribution is 2.35. The number of hydroxylamine groups is 2. The fraction of sp³-hybridized carbons (Fsp3) is 0.167. The maximum Gasteiger partial charge on any atom is 0.247 e. The van der Waals surface area contributed by atoms with Crippen LogP contribution >= 0.6 is 11.8 Å². The van der Waals surface area contributed by atoms with Crippen molar-refractivity contribution in [3.8, 4) is 5.75 Å². The van der Waals surface area contributed by atoms with Crippen LogP contribution < -0.4 is 4.74 Å². The van der Waals surface area contributed by atoms with Gasteiger partial charge in [-0.05, 0) is 53.8 Å². The number of ether oxygens (including phenoxy) is 1. The van der Waals surface area contributed by atoms with Gasteiger partial charge in [0.25, 0.3) is 0 Å². The Labute approximate surface area is 149 Å². The zero-order valence-corrected chi connectivity index (χ0v) is 14.7. The largest absolute Gasteiger partial charge is 0.497 e. The Balaban J connectivity index is 2.04. The molecule has 0 unspecified atom stereocenters. The number of amidine groups is 1. The Bertz CT molecular complexity index is 820. The molecule has 7 heteroatoms. The molecule has 3 rings (SSSR count). The second kappa shape index (κ2) is 7.50. The van der Waals surface area contributed by atoms with E-state index in [1.54, 1.807) is 38.6 Å². The summed E-state index contributed by atoms with van der Waals surface area (Å²) >= 11 is 1.35. The fourth-order valence-electron chi connectivity index (χ4n) is 2.25. The summed E-state index contributed by atoms with van der Waals surface area (Å²) in [6, 6.07) is 7.55. The number of carbonyl (C=O) groups is 1. The number of amides is 1. The molecule has 128 valence electrons. The predicted octanol–water partition coefficient (Wildman–Crippen LogP) is 3.51. The number of hydrogen-bond acceptors (Lipinski definition) is 5. The first-order valence-electron chi connectivity index (χ1n) is 7.71. The standard InChI is InChI=1S/C18H17N3O3S/c1-3-15(22)19-18-20-16(12-4-6-14(24-2)7-5-12)17(25-18)13-8-10-21(23)11-9-13/h4-11,23H,3H2,1-2H3. The highest BCUT2D eigenvalue weighted by Gasteiger charge is 2.25. The van der Waals surface area contributed by atoms with Gasteiger partial charge in [-0.2, -0.15) is 4.99 Å². The molecule has 0 spiro atoms. The Kier molecular flexibility index (Phi) is 5.16. The van der Waals surface area contributed by atoms with Crippen LogP contribution in [0.1, 0.15) is 18.9 Å². The van der Waals surface area contributed by atoms with Crippen molar-refractivity contribution in [1.29, 1.82) is 0 Å². The second-order valence-electron chi connectivity index (χ2n) is 5.23. The summed E-state index contributed by atoms with van der Waals surface area (Å²) in [5.74, 6) is 0.551. The van der Waals surface area contributed by atoms with Gasteiger partial charge >= 0.3 is 0 Å². The molecule has 1 aromatic carbocycles. The van der Waals surface area contributed by atoms with E-state index in [2.05, 4.69) is 9.98 Å². The van der Waals surface area contributed by atoms with Gasteiger partial charge in [0.2, 0.25) is 5.91 Å². The molecule has 1 amide bonds. The smallest absolute Gasteiger partial charge is 0.247 e. The topological polar surface area (TPSA) is 74.5 Å². The molecule has 2 heterocycles. The summed E-state index contributed by atoms with van der Waals surface area (Å²) in [4.78, 5) is 21.1. The van der Waals surface area contributed by atoms with E-state index in [9.17, 15) is 10.0 Å². The SMILES string of the molecule is CCC(=O)N=C1N=C(c2ccc(OC)cc2)C(=C2C=CN(O)C=C2)S1. The van der Waals surface area contributed by atoms with E-state index < -0.39 is 0 Å². The molecular weight excluding hydrogens is 338 g/mol. The van der Waals surface area contributed by atoms with Crippen LogP contribution in [0.2, 0.25) is 0 Å². The maximum absolute atomic E-state index is 11.7. The Morgan fingerprint density at radius 2 is 1.96 bits per heavy atom. The van der Waals surface area contributed by atoms with E-state index in [4.69, 9.17) is 4.74 Å². The number of rotatable bonds is 3. The lowest BCUT2D eigenvalue weighted by Crippen LogP contribution is -2.07. The summed E-state index contributed by atoms with van der Waals surface area (Å²) in [7, 11) is 1.62. The highest BCUT2D eigenvalue weighted by atomic mass is 32.2. The lowest BCUT2D eigenvalue weighted by molar-refractivity contribution is -0.117. The number of thioether (sulfide) groups is 1. The lowest BCUT2D eigenvalue weighted by Gasteiger charge is -2.12. The molecule has 2 aliphatic heterocycles. The quantitative estimate of drug-likeness (QED) is 0.898. The number of aliphatic imine (C=N–C) groups is 2. The molecule has 25 heavy (non-hydrogen) atoms. The van der Waals surface area contributed by atoms with Gasteiger partial charge in [-0.15, -0.1) is 0 Å². The fourth-order valence-corrected chi connectivity index (χ4v) is 3.23. The zero-order valence-electron chi connectivity index (χ0n) is 13.8. The van der Waals surface area contributed by atoms with Gasteiger partial charge in [-0.3, -0.25) is 10.0 Å². The van der Waals surface area contributed by atoms with Gasteiger partial charge < -0.3 is 4.74 Å². The molecule has 0 aliphatic carbocycles. The molecule has 1 aromatic rings. The van der Waals surface area contributed by atoms with Gasteiger partial charge in [-0.1, -0.05) is 6.92 Å². The summed E-state index contributed by atoms with van der Waals surface area (Å²) in [6.45, 7) is 1.77. The van der Waals surface area contributed by atoms with Gasteiger partial charge in [0, 0.05) is 29.3 Å². The number of nitrogens with zero attached hydrogens (tertiary/aromatic N) is 3. The molecule has 0 aromatic heterocycles. The minimum absolute atomic E-state index is 0.206. The monoisotopic (exact) mass is 355 g/mol. The number of methoxy groups -OCH3 is 1. The van der Waals surface area contributed by atoms with Crippen molar-refractivity contribution in [2.45, 2.75) is 13.3 Å². The van der Waals surface area contributed by atoms with Crippen molar-refractivity contribution in [1.82, 2.24) is 5.06 Å². The first-order chi connectivity index (χ1) is 12.1. The molecule has 2 aliphatic rings. The predicted molar refractivity (Wildman–Crippen MR) is 98.8 cm³/mol. The van der Waals surface area contributed by atoms with Gasteiger partial charge in [-0.25, -0.2) is 10.1 Å². The molecule has 0 saturated heterocycles. The third-order valence-electron chi connectivity index (χ3n) is 3.58. The minimum atomic E-state index is -0.206. The molecule has 0 radical (unpaired) electrons. The van der Waals surface area contributed by atoms with Crippen molar-refractivity contribution in [3.05, 3.63) is 64.9 Å². The highest BCUT2D eigenvalue weighted by molar-refractivity contribution is 8.18. The molecular formula is C18H17N3O3S. The normalized spacial score (nSPS) is 18.1. The Hall–Kier alpha value is -2.64. The first kappa shape index (κ1) is 17.2. The average Bonchev–Trinajstić information content (AvgIpc) is 3.06. The second-order valence-corrected chi connectivity index (χ2v) is 6.21. The molecule has 0 atom stereocenters. The number of allylic oxidation sites excluding steroid dienone is 4. The van der Waals surface area contributed by atoms with Crippen LogP contribution in [0.5, 0.6) is 5.75 Å². The van der Waals surface area contributed by atoms with E-state index in [-0.39, 0.29) is 5.91 Å². The first-order valence-corrected chi connectivity index (χ1v) is 8.53. The molecule has 6 nitrogen and oxygen atoms in total. The van der Waals surface area contributed by atoms with E-state index in [0.29, 0.717) is 11.6 Å². The summed E-state index contributed by atoms with van der Waals surface area (Å²) in [5.41, 5.74) is 2.53. The summed E-state index contributed by atoms with van der Waals surface area (Å²) in [6.07, 6.45) is 6.99. The van der Waals surface area contributed by atoms with Crippen molar-refractivity contribution >= 4 is 28.5 Å². The number of benzene rings is 1. The maximum atomic E-state index is 11.7. The van der Waals surface area contributed by atoms with Crippen LogP contribution in [0.15, 0.2) is 69.3 Å². The summed E-state index contributed by atoms with van der Waals surface area (Å²) in [5, 5.41) is 10.8. The molecule has 0 fully saturated rings. The van der Waals surface area contributed by atoms with Crippen LogP contribution in [0.4, 0.5) is 0 Å². The average molecular weight is 355 g/mol. The molecule has 1 N–H and O–H groups in total. The number of carbonyl (C=O) groups excluding carboxylic acids is 1. The van der Waals surface area contributed by atoms with E-state index in [0.717, 1.165) is 32.6 Å². The van der Waals surface area contributed by atoms with Crippen LogP contribution in [0.3, 0.4) is 0 Å². The van der Waals surface area contributed by atoms with E-state index in [1.165, 1.54) is 11.8 Å². The van der Waals surface area contributed by atoms with Crippen LogP contribution in [0.25, 0.3) is 0 Å². The van der Waals surface area contributed by atoms with E-state index in [1.807, 2.05) is 24.3 Å². The van der Waals surface area contributed by atoms with Crippen LogP contribution in [-0.4, -0.2) is 34.2 Å². The number of hydrogen-bond donors (Lipinski definition) is 1. The molecule has 0 bridgehead atoms. The van der Waals surface area contributed by atoms with Gasteiger partial charge in [0.15, 0.2) is 5.17 Å². The van der Waals surface area contributed by atoms with Crippen molar-refractivity contribution in [2.75, 3.05) is 7.11 Å². The van der Waals surface area contributed by atoms with Crippen molar-refractivity contribution < 1.29 is 14.7 Å². The van der Waals surface area contributed by atoms with Gasteiger partial charge in [0.1, 0.15) is 5.75 Å². The summed E-state index contributed by atoms with van der Waals surface area (Å²) < 4.78 is 5.19. The van der Waals surface area contributed by atoms with Gasteiger partial charge in [0.05, 0.1) is 12.8 Å². The van der Waals surface area contributed by atoms with Crippen LogP contribution in [0, 0.1) is 0 Å². The lowest BCUT2D eigenvalue weighted by atomic mass is 10.1. The Morgan fingerprint density at radius 1 is 1.28 bits per heavy atom. The third-order valence-corrected chi connectivity index (χ3v) is 4.58. The minimum Gasteiger partial charge on any atom is -0.497 e. The van der Waals surface area contributed by atoms with Crippen LogP contribution in [-0.2, 0) is 4.79 Å². The Morgan fingerprint density at radius 3 is 2.56 bits per heavy atom. The molecule has 0 saturated carbocycles.